The number of para-hydroxylation sites is 1. The van der Waals surface area contributed by atoms with Crippen LogP contribution in [0.2, 0.25) is 0 Å². The highest BCUT2D eigenvalue weighted by atomic mass is 19.4. The van der Waals surface area contributed by atoms with Crippen molar-refractivity contribution in [2.45, 2.75) is 37.3 Å². The number of allylic oxidation sites excluding steroid dienone is 4. The number of aliphatic imine (C=N–C) groups is 1. The van der Waals surface area contributed by atoms with E-state index < -0.39 is 29.9 Å². The highest BCUT2D eigenvalue weighted by molar-refractivity contribution is 6.14. The lowest BCUT2D eigenvalue weighted by molar-refractivity contribution is -0.175. The van der Waals surface area contributed by atoms with Crippen molar-refractivity contribution in [3.8, 4) is 5.75 Å². The second kappa shape index (κ2) is 7.98. The van der Waals surface area contributed by atoms with Crippen molar-refractivity contribution in [1.29, 1.82) is 0 Å². The van der Waals surface area contributed by atoms with E-state index in [1.165, 1.54) is 19.2 Å². The van der Waals surface area contributed by atoms with E-state index in [0.717, 1.165) is 0 Å². The predicted octanol–water partition coefficient (Wildman–Crippen LogP) is 4.78. The number of amides is 1. The molecule has 1 aromatic carbocycles. The van der Waals surface area contributed by atoms with Crippen LogP contribution in [0.1, 0.15) is 31.2 Å². The van der Waals surface area contributed by atoms with E-state index in [-0.39, 0.29) is 24.5 Å². The Hall–Kier alpha value is -2.90. The van der Waals surface area contributed by atoms with Crippen LogP contribution in [-0.2, 0) is 10.2 Å². The van der Waals surface area contributed by atoms with Crippen LogP contribution in [0.3, 0.4) is 0 Å². The molecule has 31 heavy (non-hydrogen) atoms. The fraction of sp³-hybridized carbons (Fsp3) is 0.391. The Bertz CT molecular complexity index is 1020. The molecule has 1 aliphatic heterocycles. The Balaban J connectivity index is 1.58. The van der Waals surface area contributed by atoms with Gasteiger partial charge in [-0.05, 0) is 42.9 Å². The highest BCUT2D eigenvalue weighted by Crippen LogP contribution is 2.57. The van der Waals surface area contributed by atoms with Gasteiger partial charge in [0.1, 0.15) is 0 Å². The first-order chi connectivity index (χ1) is 14.7. The van der Waals surface area contributed by atoms with Gasteiger partial charge < -0.3 is 10.1 Å². The van der Waals surface area contributed by atoms with Crippen LogP contribution in [0.25, 0.3) is 0 Å². The molecule has 1 unspecified atom stereocenters. The van der Waals surface area contributed by atoms with Gasteiger partial charge in [0.25, 0.3) is 0 Å². The number of ether oxygens (including phenoxy) is 1. The van der Waals surface area contributed by atoms with Gasteiger partial charge in [0.05, 0.1) is 25.3 Å². The molecule has 4 nitrogen and oxygen atoms in total. The van der Waals surface area contributed by atoms with E-state index in [1.54, 1.807) is 30.4 Å². The van der Waals surface area contributed by atoms with E-state index >= 15 is 0 Å². The number of alkyl halides is 3. The number of nitrogens with zero attached hydrogens (tertiary/aromatic N) is 1. The van der Waals surface area contributed by atoms with Gasteiger partial charge in [-0.2, -0.15) is 13.2 Å². The van der Waals surface area contributed by atoms with E-state index in [4.69, 9.17) is 4.74 Å². The Kier molecular flexibility index (Phi) is 5.49. The van der Waals surface area contributed by atoms with Crippen molar-refractivity contribution in [2.24, 2.45) is 10.9 Å². The molecule has 2 aliphatic carbocycles. The first kappa shape index (κ1) is 21.3. The Morgan fingerprint density at radius 1 is 1.29 bits per heavy atom. The van der Waals surface area contributed by atoms with Gasteiger partial charge in [0.15, 0.2) is 11.6 Å². The van der Waals surface area contributed by atoms with Gasteiger partial charge in [-0.3, -0.25) is 9.79 Å². The summed E-state index contributed by atoms with van der Waals surface area (Å²) < 4.78 is 61.0. The summed E-state index contributed by atoms with van der Waals surface area (Å²) in [5.41, 5.74) is 1.32. The van der Waals surface area contributed by atoms with Crippen LogP contribution in [-0.4, -0.2) is 31.4 Å². The summed E-state index contributed by atoms with van der Waals surface area (Å²) in [6.45, 7) is -0.443. The molecule has 1 heterocycles. The fourth-order valence-electron chi connectivity index (χ4n) is 4.24. The van der Waals surface area contributed by atoms with Gasteiger partial charge in [-0.25, -0.2) is 4.39 Å². The molecule has 1 atom stereocenters. The molecule has 1 N–H and O–H groups in total. The maximum Gasteiger partial charge on any atom is 0.393 e. The number of hydrogen-bond donors (Lipinski definition) is 1. The average Bonchev–Trinajstić information content (AvgIpc) is 3.50. The topological polar surface area (TPSA) is 50.7 Å². The third-order valence-electron chi connectivity index (χ3n) is 6.03. The van der Waals surface area contributed by atoms with E-state index in [9.17, 15) is 22.4 Å². The lowest BCUT2D eigenvalue weighted by Gasteiger charge is -2.26. The molecule has 8 heteroatoms. The predicted molar refractivity (Wildman–Crippen MR) is 108 cm³/mol. The van der Waals surface area contributed by atoms with Gasteiger partial charge in [-0.15, -0.1) is 0 Å². The number of rotatable bonds is 6. The summed E-state index contributed by atoms with van der Waals surface area (Å²) in [6.07, 6.45) is 3.27. The zero-order chi connectivity index (χ0) is 22.2. The van der Waals surface area contributed by atoms with Crippen molar-refractivity contribution in [2.75, 3.05) is 13.7 Å². The third-order valence-corrected chi connectivity index (χ3v) is 6.03. The zero-order valence-electron chi connectivity index (χ0n) is 16.9. The van der Waals surface area contributed by atoms with Crippen molar-refractivity contribution < 1.29 is 27.1 Å². The molecule has 0 saturated heterocycles. The largest absolute Gasteiger partial charge is 0.493 e. The second-order valence-corrected chi connectivity index (χ2v) is 8.08. The second-order valence-electron chi connectivity index (χ2n) is 8.08. The molecular weight excluding hydrogens is 412 g/mol. The van der Waals surface area contributed by atoms with Crippen molar-refractivity contribution in [3.05, 3.63) is 65.2 Å². The Morgan fingerprint density at radius 2 is 2.06 bits per heavy atom. The number of carbonyl (C=O) groups excluding carboxylic acids is 1. The molecule has 3 aliphatic rings. The zero-order valence-corrected chi connectivity index (χ0v) is 16.9. The Morgan fingerprint density at radius 3 is 2.74 bits per heavy atom. The van der Waals surface area contributed by atoms with Crippen LogP contribution in [0, 0.1) is 11.7 Å². The number of nitrogens with one attached hydrogen (secondary N) is 1. The summed E-state index contributed by atoms with van der Waals surface area (Å²) >= 11 is 0. The van der Waals surface area contributed by atoms with Gasteiger partial charge in [-0.1, -0.05) is 24.3 Å². The fourth-order valence-corrected chi connectivity index (χ4v) is 4.24. The summed E-state index contributed by atoms with van der Waals surface area (Å²) in [4.78, 5) is 15.8. The molecule has 1 amide bonds. The van der Waals surface area contributed by atoms with Crippen LogP contribution >= 0.6 is 0 Å². The van der Waals surface area contributed by atoms with Crippen LogP contribution in [0.4, 0.5) is 17.6 Å². The van der Waals surface area contributed by atoms with Crippen LogP contribution in [0.15, 0.2) is 58.8 Å². The standard InChI is InChI=1S/C23H22F4N2O2/c1-31-21-16(4-2-5-17(21)24)22(10-11-22)12-14(23(25,26)27)13-28-18-6-3-7-19-15(18)8-9-20(30)29-19/h2-8,14H,9-13H2,1H3,(H,29,30). The molecule has 0 radical (unpaired) electrons. The lowest BCUT2D eigenvalue weighted by atomic mass is 9.84. The molecule has 4 rings (SSSR count). The number of methoxy groups -OCH3 is 1. The summed E-state index contributed by atoms with van der Waals surface area (Å²) in [6, 6.07) is 4.38. The minimum Gasteiger partial charge on any atom is -0.493 e. The molecule has 0 aromatic heterocycles. The van der Waals surface area contributed by atoms with Gasteiger partial charge >= 0.3 is 6.18 Å². The number of hydrogen-bond acceptors (Lipinski definition) is 3. The normalized spacial score (nSPS) is 21.7. The Labute approximate surface area is 177 Å². The van der Waals surface area contributed by atoms with Crippen molar-refractivity contribution in [3.63, 3.8) is 0 Å². The first-order valence-electron chi connectivity index (χ1n) is 10.1. The van der Waals surface area contributed by atoms with Gasteiger partial charge in [0, 0.05) is 23.3 Å². The minimum atomic E-state index is -4.45. The van der Waals surface area contributed by atoms with Gasteiger partial charge in [0.2, 0.25) is 5.91 Å². The average molecular weight is 434 g/mol. The van der Waals surface area contributed by atoms with Crippen LogP contribution < -0.4 is 10.1 Å². The SMILES string of the molecule is COc1c(F)cccc1C1(CC(CN=C2C=CC=C3NC(=O)CC=C32)C(F)(F)F)CC1. The van der Waals surface area contributed by atoms with E-state index in [2.05, 4.69) is 10.3 Å². The lowest BCUT2D eigenvalue weighted by Crippen LogP contribution is -2.32. The molecular formula is C23H22F4N2O2. The maximum absolute atomic E-state index is 14.1. The summed E-state index contributed by atoms with van der Waals surface area (Å²) in [5, 5.41) is 2.70. The smallest absolute Gasteiger partial charge is 0.393 e. The van der Waals surface area contributed by atoms with Crippen LogP contribution in [0.5, 0.6) is 5.75 Å². The first-order valence-corrected chi connectivity index (χ1v) is 10.1. The number of halogens is 4. The maximum atomic E-state index is 14.1. The highest BCUT2D eigenvalue weighted by Gasteiger charge is 2.52. The number of benzene rings is 1. The summed E-state index contributed by atoms with van der Waals surface area (Å²) in [7, 11) is 1.32. The number of fused-ring (bicyclic) bond motifs is 1. The molecule has 0 spiro atoms. The van der Waals surface area contributed by atoms with E-state index in [1.807, 2.05) is 0 Å². The van der Waals surface area contributed by atoms with Crippen molar-refractivity contribution in [1.82, 2.24) is 5.32 Å². The summed E-state index contributed by atoms with van der Waals surface area (Å²) in [5.74, 6) is -2.41. The molecule has 0 bridgehead atoms. The quantitative estimate of drug-likeness (QED) is 0.656. The van der Waals surface area contributed by atoms with Crippen molar-refractivity contribution >= 4 is 11.6 Å². The third kappa shape index (κ3) is 4.29. The molecule has 1 fully saturated rings. The number of carbonyl (C=O) groups is 1. The molecule has 1 aromatic rings. The molecule has 1 saturated carbocycles. The minimum absolute atomic E-state index is 0.0142. The molecule has 164 valence electrons. The monoisotopic (exact) mass is 434 g/mol. The van der Waals surface area contributed by atoms with E-state index in [0.29, 0.717) is 35.4 Å².